The van der Waals surface area contributed by atoms with Crippen molar-refractivity contribution in [3.8, 4) is 0 Å². The molecular formula is C31H38N2O2S. The van der Waals surface area contributed by atoms with Gasteiger partial charge >= 0.3 is 0 Å². The summed E-state index contributed by atoms with van der Waals surface area (Å²) in [4.78, 5) is 28.9. The van der Waals surface area contributed by atoms with Crippen molar-refractivity contribution in [1.29, 1.82) is 0 Å². The highest BCUT2D eigenvalue weighted by molar-refractivity contribution is 7.99. The number of rotatable bonds is 13. The summed E-state index contributed by atoms with van der Waals surface area (Å²) in [7, 11) is 0. The number of carbonyl (C=O) groups excluding carboxylic acids is 2. The first-order valence-corrected chi connectivity index (χ1v) is 13.9. The van der Waals surface area contributed by atoms with Crippen molar-refractivity contribution in [3.05, 3.63) is 107 Å². The number of thioether (sulfide) groups is 1. The molecule has 4 nitrogen and oxygen atoms in total. The minimum Gasteiger partial charge on any atom is -0.354 e. The van der Waals surface area contributed by atoms with Crippen LogP contribution in [0, 0.1) is 13.8 Å². The smallest absolute Gasteiger partial charge is 0.243 e. The van der Waals surface area contributed by atoms with Crippen molar-refractivity contribution in [2.75, 3.05) is 12.3 Å². The molecule has 190 valence electrons. The maximum absolute atomic E-state index is 13.7. The molecule has 0 aliphatic rings. The predicted octanol–water partition coefficient (Wildman–Crippen LogP) is 6.09. The van der Waals surface area contributed by atoms with E-state index in [0.717, 1.165) is 29.7 Å². The Labute approximate surface area is 220 Å². The fourth-order valence-corrected chi connectivity index (χ4v) is 4.84. The molecule has 0 saturated carbocycles. The summed E-state index contributed by atoms with van der Waals surface area (Å²) >= 11 is 1.60. The third-order valence-electron chi connectivity index (χ3n) is 6.19. The van der Waals surface area contributed by atoms with E-state index in [-0.39, 0.29) is 11.8 Å². The van der Waals surface area contributed by atoms with Crippen molar-refractivity contribution in [3.63, 3.8) is 0 Å². The Kier molecular flexibility index (Phi) is 11.1. The molecule has 3 aromatic rings. The number of carbonyl (C=O) groups is 2. The van der Waals surface area contributed by atoms with Crippen LogP contribution in [0.4, 0.5) is 0 Å². The van der Waals surface area contributed by atoms with Crippen molar-refractivity contribution >= 4 is 23.6 Å². The highest BCUT2D eigenvalue weighted by Crippen LogP contribution is 2.19. The van der Waals surface area contributed by atoms with E-state index in [2.05, 4.69) is 55.6 Å². The van der Waals surface area contributed by atoms with E-state index in [9.17, 15) is 9.59 Å². The lowest BCUT2D eigenvalue weighted by atomic mass is 10.0. The van der Waals surface area contributed by atoms with Gasteiger partial charge in [0.25, 0.3) is 0 Å². The molecule has 0 bridgehead atoms. The normalized spacial score (nSPS) is 11.6. The molecule has 0 radical (unpaired) electrons. The van der Waals surface area contributed by atoms with Crippen molar-refractivity contribution in [1.82, 2.24) is 10.2 Å². The zero-order valence-corrected chi connectivity index (χ0v) is 22.5. The summed E-state index contributed by atoms with van der Waals surface area (Å²) in [5, 5.41) is 3.08. The average molecular weight is 503 g/mol. The molecule has 0 fully saturated rings. The van der Waals surface area contributed by atoms with Gasteiger partial charge in [-0.05, 0) is 37.0 Å². The van der Waals surface area contributed by atoms with Crippen molar-refractivity contribution in [2.24, 2.45) is 0 Å². The second-order valence-electron chi connectivity index (χ2n) is 9.34. The van der Waals surface area contributed by atoms with Gasteiger partial charge in [0.05, 0.1) is 5.75 Å². The topological polar surface area (TPSA) is 49.4 Å². The average Bonchev–Trinajstić information content (AvgIpc) is 2.89. The first-order valence-electron chi connectivity index (χ1n) is 12.8. The summed E-state index contributed by atoms with van der Waals surface area (Å²) in [5.74, 6) is 0.986. The second kappa shape index (κ2) is 14.5. The first kappa shape index (κ1) is 27.5. The Bertz CT molecular complexity index is 1080. The number of amides is 2. The molecule has 0 spiro atoms. The van der Waals surface area contributed by atoms with Gasteiger partial charge in [-0.3, -0.25) is 9.59 Å². The lowest BCUT2D eigenvalue weighted by Crippen LogP contribution is -2.51. The maximum Gasteiger partial charge on any atom is 0.243 e. The molecule has 3 rings (SSSR count). The fraction of sp³-hybridized carbons (Fsp3) is 0.355. The summed E-state index contributed by atoms with van der Waals surface area (Å²) in [6.07, 6.45) is 2.41. The van der Waals surface area contributed by atoms with E-state index in [4.69, 9.17) is 0 Å². The van der Waals surface area contributed by atoms with E-state index in [1.165, 1.54) is 16.7 Å². The fourth-order valence-electron chi connectivity index (χ4n) is 3.97. The van der Waals surface area contributed by atoms with Gasteiger partial charge < -0.3 is 10.2 Å². The molecule has 2 amide bonds. The quantitative estimate of drug-likeness (QED) is 0.288. The van der Waals surface area contributed by atoms with Crippen LogP contribution < -0.4 is 5.32 Å². The van der Waals surface area contributed by atoms with Gasteiger partial charge in [0.1, 0.15) is 6.04 Å². The molecule has 1 atom stereocenters. The summed E-state index contributed by atoms with van der Waals surface area (Å²) in [6.45, 7) is 7.25. The van der Waals surface area contributed by atoms with E-state index in [1.54, 1.807) is 16.7 Å². The first-order chi connectivity index (χ1) is 17.5. The van der Waals surface area contributed by atoms with E-state index < -0.39 is 6.04 Å². The Hall–Kier alpha value is -3.05. The van der Waals surface area contributed by atoms with Gasteiger partial charge in [-0.2, -0.15) is 0 Å². The van der Waals surface area contributed by atoms with Crippen LogP contribution in [0.2, 0.25) is 0 Å². The number of benzene rings is 3. The number of hydrogen-bond donors (Lipinski definition) is 1. The molecule has 1 N–H and O–H groups in total. The molecule has 0 saturated heterocycles. The molecule has 0 aromatic heterocycles. The van der Waals surface area contributed by atoms with Gasteiger partial charge in [0, 0.05) is 25.3 Å². The van der Waals surface area contributed by atoms with Gasteiger partial charge in [0.2, 0.25) is 11.8 Å². The minimum atomic E-state index is -0.571. The molecule has 0 aliphatic carbocycles. The summed E-state index contributed by atoms with van der Waals surface area (Å²) in [6, 6.07) is 26.0. The van der Waals surface area contributed by atoms with Crippen LogP contribution in [0.15, 0.2) is 78.9 Å². The molecule has 1 unspecified atom stereocenters. The maximum atomic E-state index is 13.7. The van der Waals surface area contributed by atoms with Crippen LogP contribution in [-0.4, -0.2) is 35.1 Å². The lowest BCUT2D eigenvalue weighted by Gasteiger charge is -2.31. The van der Waals surface area contributed by atoms with E-state index in [1.807, 2.05) is 49.4 Å². The third kappa shape index (κ3) is 8.87. The van der Waals surface area contributed by atoms with Crippen LogP contribution in [0.1, 0.15) is 47.6 Å². The largest absolute Gasteiger partial charge is 0.354 e. The van der Waals surface area contributed by atoms with Crippen LogP contribution in [0.25, 0.3) is 0 Å². The van der Waals surface area contributed by atoms with Crippen molar-refractivity contribution < 1.29 is 9.59 Å². The third-order valence-corrected chi connectivity index (χ3v) is 7.18. The van der Waals surface area contributed by atoms with Crippen molar-refractivity contribution in [2.45, 2.75) is 58.4 Å². The van der Waals surface area contributed by atoms with Gasteiger partial charge in [-0.1, -0.05) is 103 Å². The number of unbranched alkanes of at least 4 members (excludes halogenated alkanes) is 1. The molecule has 36 heavy (non-hydrogen) atoms. The number of nitrogens with zero attached hydrogens (tertiary/aromatic N) is 1. The highest BCUT2D eigenvalue weighted by Gasteiger charge is 2.30. The summed E-state index contributed by atoms with van der Waals surface area (Å²) < 4.78 is 0. The SMILES string of the molecule is CCCCNC(=O)C(Cc1ccccc1)N(Cc1ccc(C)cc1)C(=O)CSCc1ccc(C)cc1. The summed E-state index contributed by atoms with van der Waals surface area (Å²) in [5.41, 5.74) is 5.66. The molecule has 0 aliphatic heterocycles. The van der Waals surface area contributed by atoms with Gasteiger partial charge in [-0.15, -0.1) is 11.8 Å². The van der Waals surface area contributed by atoms with Crippen LogP contribution in [0.5, 0.6) is 0 Å². The highest BCUT2D eigenvalue weighted by atomic mass is 32.2. The van der Waals surface area contributed by atoms with Crippen LogP contribution in [-0.2, 0) is 28.3 Å². The minimum absolute atomic E-state index is 0.0146. The van der Waals surface area contributed by atoms with E-state index in [0.29, 0.717) is 25.3 Å². The second-order valence-corrected chi connectivity index (χ2v) is 10.3. The molecule has 3 aromatic carbocycles. The zero-order chi connectivity index (χ0) is 25.8. The standard InChI is InChI=1S/C31H38N2O2S/c1-4-5-19-32-31(35)29(20-26-9-7-6-8-10-26)33(21-27-15-11-24(2)12-16-27)30(34)23-36-22-28-17-13-25(3)14-18-28/h6-18,29H,4-5,19-23H2,1-3H3,(H,32,35). The van der Waals surface area contributed by atoms with E-state index >= 15 is 0 Å². The molecule has 0 heterocycles. The van der Waals surface area contributed by atoms with Gasteiger partial charge in [0.15, 0.2) is 0 Å². The lowest BCUT2D eigenvalue weighted by molar-refractivity contribution is -0.139. The van der Waals surface area contributed by atoms with Crippen LogP contribution in [0.3, 0.4) is 0 Å². The molecular weight excluding hydrogens is 464 g/mol. The zero-order valence-electron chi connectivity index (χ0n) is 21.7. The number of nitrogens with one attached hydrogen (secondary N) is 1. The molecule has 5 heteroatoms. The predicted molar refractivity (Wildman–Crippen MR) is 151 cm³/mol. The Morgan fingerprint density at radius 3 is 2.06 bits per heavy atom. The number of hydrogen-bond acceptors (Lipinski definition) is 3. The monoisotopic (exact) mass is 502 g/mol. The number of aryl methyl sites for hydroxylation is 2. The van der Waals surface area contributed by atoms with Gasteiger partial charge in [-0.25, -0.2) is 0 Å². The van der Waals surface area contributed by atoms with Crippen LogP contribution >= 0.6 is 11.8 Å². The Morgan fingerprint density at radius 2 is 1.44 bits per heavy atom. The Morgan fingerprint density at radius 1 is 0.833 bits per heavy atom. The Balaban J connectivity index is 1.81.